The van der Waals surface area contributed by atoms with Crippen molar-refractivity contribution in [3.8, 4) is 5.75 Å². The Labute approximate surface area is 142 Å². The van der Waals surface area contributed by atoms with E-state index in [0.717, 1.165) is 24.8 Å². The van der Waals surface area contributed by atoms with Crippen LogP contribution >= 0.6 is 11.6 Å². The predicted molar refractivity (Wildman–Crippen MR) is 92.0 cm³/mol. The van der Waals surface area contributed by atoms with Gasteiger partial charge in [-0.1, -0.05) is 36.9 Å². The summed E-state index contributed by atoms with van der Waals surface area (Å²) in [4.78, 5) is 25.8. The van der Waals surface area contributed by atoms with Crippen LogP contribution < -0.4 is 9.64 Å². The van der Waals surface area contributed by atoms with Gasteiger partial charge in [0.2, 0.25) is 5.91 Å². The Kier molecular flexibility index (Phi) is 5.83. The van der Waals surface area contributed by atoms with Crippen molar-refractivity contribution in [2.24, 2.45) is 0 Å². The molecule has 0 aliphatic carbocycles. The van der Waals surface area contributed by atoms with Crippen LogP contribution in [0.1, 0.15) is 46.5 Å². The molecule has 23 heavy (non-hydrogen) atoms. The monoisotopic (exact) mass is 335 g/mol. The van der Waals surface area contributed by atoms with Crippen molar-refractivity contribution in [3.63, 3.8) is 0 Å². The Morgan fingerprint density at radius 3 is 2.61 bits per heavy atom. The molecule has 0 radical (unpaired) electrons. The van der Waals surface area contributed by atoms with Crippen LogP contribution in [0.2, 0.25) is 5.02 Å². The van der Waals surface area contributed by atoms with Crippen LogP contribution in [0, 0.1) is 0 Å². The second kappa shape index (κ2) is 7.64. The van der Waals surface area contributed by atoms with Crippen molar-refractivity contribution < 1.29 is 14.3 Å². The average Bonchev–Trinajstić information content (AvgIpc) is 2.81. The third kappa shape index (κ3) is 3.94. The first kappa shape index (κ1) is 17.5. The largest absolute Gasteiger partial charge is 0.492 e. The molecule has 0 bridgehead atoms. The number of anilines is 1. The highest BCUT2D eigenvalue weighted by atomic mass is 35.5. The molecule has 1 saturated heterocycles. The van der Waals surface area contributed by atoms with Crippen LogP contribution in [0.15, 0.2) is 29.3 Å². The molecule has 2 amide bonds. The summed E-state index contributed by atoms with van der Waals surface area (Å²) in [6, 6.07) is 5.00. The lowest BCUT2D eigenvalue weighted by molar-refractivity contribution is -0.120. The van der Waals surface area contributed by atoms with Gasteiger partial charge < -0.3 is 4.74 Å². The van der Waals surface area contributed by atoms with Gasteiger partial charge in [-0.25, -0.2) is 4.90 Å². The summed E-state index contributed by atoms with van der Waals surface area (Å²) in [5.74, 6) is 0.0335. The molecule has 124 valence electrons. The topological polar surface area (TPSA) is 46.6 Å². The highest BCUT2D eigenvalue weighted by Gasteiger charge is 2.35. The molecule has 1 aromatic rings. The number of unbranched alkanes of at least 4 members (excludes halogenated alkanes) is 2. The van der Waals surface area contributed by atoms with Crippen LogP contribution in [0.3, 0.4) is 0 Å². The molecule has 1 fully saturated rings. The summed E-state index contributed by atoms with van der Waals surface area (Å²) >= 11 is 6.14. The van der Waals surface area contributed by atoms with Crippen molar-refractivity contribution >= 4 is 29.1 Å². The lowest BCUT2D eigenvalue weighted by atomic mass is 10.1. The van der Waals surface area contributed by atoms with Crippen LogP contribution in [-0.4, -0.2) is 18.4 Å². The van der Waals surface area contributed by atoms with E-state index >= 15 is 0 Å². The lowest BCUT2D eigenvalue weighted by Crippen LogP contribution is -2.29. The van der Waals surface area contributed by atoms with Gasteiger partial charge in [0.1, 0.15) is 5.75 Å². The summed E-state index contributed by atoms with van der Waals surface area (Å²) in [5, 5.41) is 0.479. The van der Waals surface area contributed by atoms with Gasteiger partial charge in [0.15, 0.2) is 0 Å². The first-order chi connectivity index (χ1) is 11.0. The number of hydrogen-bond donors (Lipinski definition) is 0. The number of rotatable bonds is 6. The molecule has 0 saturated carbocycles. The zero-order chi connectivity index (χ0) is 17.0. The molecule has 1 aliphatic rings. The predicted octanol–water partition coefficient (Wildman–Crippen LogP) is 4.51. The molecule has 2 rings (SSSR count). The van der Waals surface area contributed by atoms with Gasteiger partial charge >= 0.3 is 0 Å². The molecular weight excluding hydrogens is 314 g/mol. The van der Waals surface area contributed by atoms with Crippen molar-refractivity contribution in [1.82, 2.24) is 0 Å². The minimum absolute atomic E-state index is 0.149. The fourth-order valence-corrected chi connectivity index (χ4v) is 2.65. The zero-order valence-corrected chi connectivity index (χ0v) is 14.6. The number of carbonyl (C=O) groups excluding carboxylic acids is 2. The first-order valence-electron chi connectivity index (χ1n) is 7.91. The second-order valence-electron chi connectivity index (χ2n) is 5.86. The number of benzene rings is 1. The summed E-state index contributed by atoms with van der Waals surface area (Å²) in [6.07, 6.45) is 3.29. The Morgan fingerprint density at radius 2 is 2.00 bits per heavy atom. The zero-order valence-electron chi connectivity index (χ0n) is 13.8. The SMILES string of the molecule is CCCCCOc1cc(N2C(=O)CC(=C(C)C)C2=O)ccc1Cl. The fourth-order valence-electron chi connectivity index (χ4n) is 2.48. The maximum Gasteiger partial charge on any atom is 0.261 e. The van der Waals surface area contributed by atoms with Crippen molar-refractivity contribution in [2.45, 2.75) is 46.5 Å². The van der Waals surface area contributed by atoms with E-state index in [1.807, 2.05) is 13.8 Å². The summed E-state index contributed by atoms with van der Waals surface area (Å²) in [5.41, 5.74) is 1.94. The van der Waals surface area contributed by atoms with Crippen LogP contribution in [-0.2, 0) is 9.59 Å². The number of allylic oxidation sites excluding steroid dienone is 1. The van der Waals surface area contributed by atoms with Crippen LogP contribution in [0.4, 0.5) is 5.69 Å². The van der Waals surface area contributed by atoms with Crippen LogP contribution in [0.25, 0.3) is 0 Å². The average molecular weight is 336 g/mol. The molecule has 1 aromatic carbocycles. The fraction of sp³-hybridized carbons (Fsp3) is 0.444. The standard InChI is InChI=1S/C18H22ClNO3/c1-4-5-6-9-23-16-10-13(7-8-15(16)19)20-17(21)11-14(12(2)3)18(20)22/h7-8,10H,4-6,9,11H2,1-3H3. The Morgan fingerprint density at radius 1 is 1.26 bits per heavy atom. The van der Waals surface area contributed by atoms with E-state index in [1.165, 1.54) is 4.90 Å². The highest BCUT2D eigenvalue weighted by molar-refractivity contribution is 6.32. The second-order valence-corrected chi connectivity index (χ2v) is 6.27. The molecule has 0 spiro atoms. The maximum absolute atomic E-state index is 12.4. The molecule has 0 N–H and O–H groups in total. The van der Waals surface area contributed by atoms with Crippen LogP contribution in [0.5, 0.6) is 5.75 Å². The van der Waals surface area contributed by atoms with E-state index in [0.29, 0.717) is 28.6 Å². The van der Waals surface area contributed by atoms with E-state index in [2.05, 4.69) is 6.92 Å². The molecule has 1 aliphatic heterocycles. The number of nitrogens with zero attached hydrogens (tertiary/aromatic N) is 1. The summed E-state index contributed by atoms with van der Waals surface area (Å²) in [7, 11) is 0. The van der Waals surface area contributed by atoms with E-state index in [9.17, 15) is 9.59 Å². The van der Waals surface area contributed by atoms with Crippen molar-refractivity contribution in [1.29, 1.82) is 0 Å². The summed E-state index contributed by atoms with van der Waals surface area (Å²) < 4.78 is 5.69. The minimum atomic E-state index is -0.255. The molecule has 0 aromatic heterocycles. The molecule has 1 heterocycles. The third-order valence-corrected chi connectivity index (χ3v) is 4.13. The number of hydrogen-bond acceptors (Lipinski definition) is 3. The van der Waals surface area contributed by atoms with Gasteiger partial charge in [0.05, 0.1) is 23.7 Å². The lowest BCUT2D eigenvalue weighted by Gasteiger charge is -2.16. The van der Waals surface area contributed by atoms with Gasteiger partial charge in [0, 0.05) is 11.6 Å². The van der Waals surface area contributed by atoms with E-state index < -0.39 is 0 Å². The number of imide groups is 1. The van der Waals surface area contributed by atoms with E-state index in [1.54, 1.807) is 18.2 Å². The Hall–Kier alpha value is -1.81. The quantitative estimate of drug-likeness (QED) is 0.436. The number of carbonyl (C=O) groups is 2. The smallest absolute Gasteiger partial charge is 0.261 e. The number of halogens is 1. The first-order valence-corrected chi connectivity index (χ1v) is 8.29. The van der Waals surface area contributed by atoms with Gasteiger partial charge in [-0.3, -0.25) is 9.59 Å². The van der Waals surface area contributed by atoms with Gasteiger partial charge in [-0.05, 0) is 32.4 Å². The molecule has 5 heteroatoms. The third-order valence-electron chi connectivity index (χ3n) is 3.82. The molecular formula is C18H22ClNO3. The Bertz CT molecular complexity index is 648. The summed E-state index contributed by atoms with van der Waals surface area (Å²) in [6.45, 7) is 6.37. The van der Waals surface area contributed by atoms with E-state index in [4.69, 9.17) is 16.3 Å². The number of amides is 2. The highest BCUT2D eigenvalue weighted by Crippen LogP contribution is 2.34. The van der Waals surface area contributed by atoms with Crippen molar-refractivity contribution in [3.05, 3.63) is 34.4 Å². The molecule has 0 unspecified atom stereocenters. The van der Waals surface area contributed by atoms with E-state index in [-0.39, 0.29) is 18.2 Å². The van der Waals surface area contributed by atoms with Gasteiger partial charge in [0.25, 0.3) is 5.91 Å². The number of ether oxygens (including phenoxy) is 1. The minimum Gasteiger partial charge on any atom is -0.492 e. The Balaban J connectivity index is 2.22. The maximum atomic E-state index is 12.4. The normalized spacial score (nSPS) is 14.6. The molecule has 0 atom stereocenters. The van der Waals surface area contributed by atoms with Crippen molar-refractivity contribution in [2.75, 3.05) is 11.5 Å². The molecule has 4 nitrogen and oxygen atoms in total. The van der Waals surface area contributed by atoms with Gasteiger partial charge in [-0.15, -0.1) is 0 Å². The van der Waals surface area contributed by atoms with Gasteiger partial charge in [-0.2, -0.15) is 0 Å².